The van der Waals surface area contributed by atoms with Crippen LogP contribution in [0.25, 0.3) is 0 Å². The first kappa shape index (κ1) is 9.16. The summed E-state index contributed by atoms with van der Waals surface area (Å²) in [6, 6.07) is 2.11. The summed E-state index contributed by atoms with van der Waals surface area (Å²) in [5.74, 6) is 0. The van der Waals surface area contributed by atoms with Crippen LogP contribution in [0.2, 0.25) is 0 Å². The number of halogens is 1. The Labute approximate surface area is 86.7 Å². The highest BCUT2D eigenvalue weighted by atomic mass is 79.9. The molecule has 0 spiro atoms. The second-order valence-electron chi connectivity index (χ2n) is 3.80. The molecule has 1 fully saturated rings. The van der Waals surface area contributed by atoms with Crippen molar-refractivity contribution in [2.24, 2.45) is 5.73 Å². The summed E-state index contributed by atoms with van der Waals surface area (Å²) in [5.41, 5.74) is 8.41. The third-order valence-electron chi connectivity index (χ3n) is 2.79. The van der Waals surface area contributed by atoms with Crippen molar-refractivity contribution in [3.05, 3.63) is 28.0 Å². The molecule has 1 aromatic rings. The van der Waals surface area contributed by atoms with E-state index in [1.807, 2.05) is 6.20 Å². The van der Waals surface area contributed by atoms with E-state index in [1.54, 1.807) is 0 Å². The second kappa shape index (κ2) is 3.07. The van der Waals surface area contributed by atoms with Gasteiger partial charge in [0, 0.05) is 22.6 Å². The smallest absolute Gasteiger partial charge is 0.0507 e. The number of hydrogen-bond donors (Lipinski definition) is 1. The Hall–Kier alpha value is -0.410. The first-order valence-corrected chi connectivity index (χ1v) is 5.30. The fourth-order valence-electron chi connectivity index (χ4n) is 1.78. The zero-order chi connectivity index (χ0) is 9.47. The van der Waals surface area contributed by atoms with Crippen LogP contribution in [-0.2, 0) is 5.41 Å². The quantitative estimate of drug-likeness (QED) is 0.861. The number of pyridine rings is 1. The van der Waals surface area contributed by atoms with E-state index < -0.39 is 0 Å². The van der Waals surface area contributed by atoms with Crippen molar-refractivity contribution in [3.63, 3.8) is 0 Å². The molecule has 1 aliphatic rings. The van der Waals surface area contributed by atoms with Crippen LogP contribution in [0, 0.1) is 6.92 Å². The Bertz CT molecular complexity index is 332. The summed E-state index contributed by atoms with van der Waals surface area (Å²) < 4.78 is 1.04. The number of rotatable bonds is 2. The van der Waals surface area contributed by atoms with E-state index in [2.05, 4.69) is 33.9 Å². The fraction of sp³-hybridized carbons (Fsp3) is 0.500. The van der Waals surface area contributed by atoms with Gasteiger partial charge in [-0.2, -0.15) is 0 Å². The van der Waals surface area contributed by atoms with Crippen LogP contribution in [-0.4, -0.2) is 11.5 Å². The lowest BCUT2D eigenvalue weighted by molar-refractivity contribution is 0.672. The van der Waals surface area contributed by atoms with Crippen LogP contribution in [0.4, 0.5) is 0 Å². The standard InChI is InChI=1S/C10H13BrN2/c1-7-4-8(11)5-13-9(7)10(6-12)2-3-10/h4-5H,2-3,6,12H2,1H3. The molecule has 1 aliphatic carbocycles. The largest absolute Gasteiger partial charge is 0.330 e. The topological polar surface area (TPSA) is 38.9 Å². The van der Waals surface area contributed by atoms with E-state index in [9.17, 15) is 0 Å². The highest BCUT2D eigenvalue weighted by molar-refractivity contribution is 9.10. The zero-order valence-corrected chi connectivity index (χ0v) is 9.26. The predicted molar refractivity (Wildman–Crippen MR) is 56.6 cm³/mol. The molecule has 0 amide bonds. The maximum atomic E-state index is 5.76. The molecule has 0 saturated heterocycles. The normalized spacial score (nSPS) is 18.7. The summed E-state index contributed by atoms with van der Waals surface area (Å²) >= 11 is 3.41. The number of aromatic nitrogens is 1. The van der Waals surface area contributed by atoms with Crippen LogP contribution in [0.3, 0.4) is 0 Å². The van der Waals surface area contributed by atoms with Crippen molar-refractivity contribution >= 4 is 15.9 Å². The lowest BCUT2D eigenvalue weighted by Crippen LogP contribution is -2.22. The molecule has 0 aromatic carbocycles. The minimum Gasteiger partial charge on any atom is -0.330 e. The highest BCUT2D eigenvalue weighted by Crippen LogP contribution is 2.47. The van der Waals surface area contributed by atoms with Gasteiger partial charge in [0.15, 0.2) is 0 Å². The first-order chi connectivity index (χ1) is 6.18. The Kier molecular flexibility index (Phi) is 2.16. The molecular formula is C10H13BrN2. The van der Waals surface area contributed by atoms with E-state index in [4.69, 9.17) is 5.73 Å². The van der Waals surface area contributed by atoms with Gasteiger partial charge in [0.1, 0.15) is 0 Å². The van der Waals surface area contributed by atoms with Crippen LogP contribution in [0.15, 0.2) is 16.7 Å². The van der Waals surface area contributed by atoms with E-state index in [0.717, 1.165) is 11.0 Å². The molecule has 0 atom stereocenters. The van der Waals surface area contributed by atoms with Gasteiger partial charge in [-0.15, -0.1) is 0 Å². The molecule has 1 aromatic heterocycles. The van der Waals surface area contributed by atoms with Crippen LogP contribution >= 0.6 is 15.9 Å². The molecule has 0 aliphatic heterocycles. The monoisotopic (exact) mass is 240 g/mol. The molecule has 70 valence electrons. The van der Waals surface area contributed by atoms with Gasteiger partial charge >= 0.3 is 0 Å². The average Bonchev–Trinajstić information content (AvgIpc) is 2.85. The lowest BCUT2D eigenvalue weighted by Gasteiger charge is -2.14. The Morgan fingerprint density at radius 2 is 2.31 bits per heavy atom. The molecule has 2 nitrogen and oxygen atoms in total. The van der Waals surface area contributed by atoms with Crippen molar-refractivity contribution in [1.29, 1.82) is 0 Å². The molecule has 1 heterocycles. The van der Waals surface area contributed by atoms with Gasteiger partial charge in [-0.05, 0) is 47.3 Å². The summed E-state index contributed by atoms with van der Waals surface area (Å²) in [6.45, 7) is 2.82. The van der Waals surface area contributed by atoms with Gasteiger partial charge in [-0.1, -0.05) is 0 Å². The molecule has 1 saturated carbocycles. The van der Waals surface area contributed by atoms with E-state index in [1.165, 1.54) is 24.1 Å². The summed E-state index contributed by atoms with van der Waals surface area (Å²) in [4.78, 5) is 4.46. The molecule has 0 radical (unpaired) electrons. The number of aryl methyl sites for hydroxylation is 1. The maximum Gasteiger partial charge on any atom is 0.0507 e. The Balaban J connectivity index is 2.41. The third kappa shape index (κ3) is 1.51. The minimum atomic E-state index is 0.213. The summed E-state index contributed by atoms with van der Waals surface area (Å²) in [6.07, 6.45) is 4.25. The van der Waals surface area contributed by atoms with Gasteiger partial charge < -0.3 is 5.73 Å². The average molecular weight is 241 g/mol. The van der Waals surface area contributed by atoms with Crippen molar-refractivity contribution in [2.75, 3.05) is 6.54 Å². The second-order valence-corrected chi connectivity index (χ2v) is 4.72. The zero-order valence-electron chi connectivity index (χ0n) is 7.68. The molecular weight excluding hydrogens is 228 g/mol. The molecule has 2 rings (SSSR count). The van der Waals surface area contributed by atoms with Gasteiger partial charge in [-0.25, -0.2) is 0 Å². The van der Waals surface area contributed by atoms with Crippen molar-refractivity contribution in [1.82, 2.24) is 4.98 Å². The SMILES string of the molecule is Cc1cc(Br)cnc1C1(CN)CC1. The van der Waals surface area contributed by atoms with Crippen molar-refractivity contribution in [2.45, 2.75) is 25.2 Å². The lowest BCUT2D eigenvalue weighted by atomic mass is 9.98. The van der Waals surface area contributed by atoms with Crippen LogP contribution in [0.1, 0.15) is 24.1 Å². The molecule has 0 bridgehead atoms. The Morgan fingerprint density at radius 3 is 2.77 bits per heavy atom. The van der Waals surface area contributed by atoms with Gasteiger partial charge in [-0.3, -0.25) is 4.98 Å². The maximum absolute atomic E-state index is 5.76. The van der Waals surface area contributed by atoms with E-state index in [-0.39, 0.29) is 5.41 Å². The molecule has 0 unspecified atom stereocenters. The first-order valence-electron chi connectivity index (χ1n) is 4.51. The molecule has 3 heteroatoms. The summed E-state index contributed by atoms with van der Waals surface area (Å²) in [5, 5.41) is 0. The third-order valence-corrected chi connectivity index (χ3v) is 3.23. The van der Waals surface area contributed by atoms with Gasteiger partial charge in [0.25, 0.3) is 0 Å². The van der Waals surface area contributed by atoms with Crippen LogP contribution in [0.5, 0.6) is 0 Å². The number of hydrogen-bond acceptors (Lipinski definition) is 2. The Morgan fingerprint density at radius 1 is 1.62 bits per heavy atom. The van der Waals surface area contributed by atoms with Crippen molar-refractivity contribution < 1.29 is 0 Å². The minimum absolute atomic E-state index is 0.213. The number of nitrogens with zero attached hydrogens (tertiary/aromatic N) is 1. The van der Waals surface area contributed by atoms with Gasteiger partial charge in [0.05, 0.1) is 5.69 Å². The van der Waals surface area contributed by atoms with Crippen LogP contribution < -0.4 is 5.73 Å². The number of nitrogens with two attached hydrogens (primary N) is 1. The summed E-state index contributed by atoms with van der Waals surface area (Å²) in [7, 11) is 0. The van der Waals surface area contributed by atoms with Crippen molar-refractivity contribution in [3.8, 4) is 0 Å². The van der Waals surface area contributed by atoms with Gasteiger partial charge in [0.2, 0.25) is 0 Å². The van der Waals surface area contributed by atoms with E-state index >= 15 is 0 Å². The predicted octanol–water partition coefficient (Wildman–Crippen LogP) is 2.14. The fourth-order valence-corrected chi connectivity index (χ4v) is 2.23. The van der Waals surface area contributed by atoms with E-state index in [0.29, 0.717) is 0 Å². The molecule has 2 N–H and O–H groups in total. The highest BCUT2D eigenvalue weighted by Gasteiger charge is 2.45. The molecule has 13 heavy (non-hydrogen) atoms.